The zero-order valence-corrected chi connectivity index (χ0v) is 15.4. The second-order valence-electron chi connectivity index (χ2n) is 6.83. The molecule has 25 heavy (non-hydrogen) atoms. The molecule has 0 aliphatic carbocycles. The first-order valence-electron chi connectivity index (χ1n) is 8.62. The van der Waals surface area contributed by atoms with Gasteiger partial charge in [-0.1, -0.05) is 55.0 Å². The molecule has 0 bridgehead atoms. The average molecular weight is 342 g/mol. The summed E-state index contributed by atoms with van der Waals surface area (Å²) in [7, 11) is 4.00. The van der Waals surface area contributed by atoms with E-state index in [0.717, 1.165) is 5.56 Å². The average Bonchev–Trinajstić information content (AvgIpc) is 2.58. The van der Waals surface area contributed by atoms with Gasteiger partial charge in [-0.2, -0.15) is 0 Å². The van der Waals surface area contributed by atoms with Crippen LogP contribution in [0.4, 0.5) is 4.39 Å². The van der Waals surface area contributed by atoms with Crippen molar-refractivity contribution in [2.45, 2.75) is 26.3 Å². The highest BCUT2D eigenvalue weighted by Crippen LogP contribution is 2.18. The molecule has 0 radical (unpaired) electrons. The summed E-state index contributed by atoms with van der Waals surface area (Å²) in [6, 6.07) is 15.1. The van der Waals surface area contributed by atoms with Crippen LogP contribution in [-0.2, 0) is 11.2 Å². The van der Waals surface area contributed by atoms with Crippen molar-refractivity contribution < 1.29 is 9.18 Å². The van der Waals surface area contributed by atoms with Crippen molar-refractivity contribution in [3.05, 3.63) is 71.0 Å². The molecule has 0 aliphatic heterocycles. The predicted octanol–water partition coefficient (Wildman–Crippen LogP) is 3.73. The van der Waals surface area contributed by atoms with Crippen molar-refractivity contribution in [1.82, 2.24) is 10.2 Å². The second-order valence-corrected chi connectivity index (χ2v) is 6.83. The summed E-state index contributed by atoms with van der Waals surface area (Å²) in [5.74, 6) is -0.590. The number of rotatable bonds is 7. The van der Waals surface area contributed by atoms with Gasteiger partial charge in [-0.3, -0.25) is 4.79 Å². The van der Waals surface area contributed by atoms with E-state index in [1.807, 2.05) is 21.0 Å². The van der Waals surface area contributed by atoms with E-state index in [0.29, 0.717) is 18.5 Å². The molecule has 3 nitrogen and oxygen atoms in total. The highest BCUT2D eigenvalue weighted by Gasteiger charge is 2.19. The van der Waals surface area contributed by atoms with E-state index in [4.69, 9.17) is 0 Å². The van der Waals surface area contributed by atoms with E-state index in [1.54, 1.807) is 18.2 Å². The topological polar surface area (TPSA) is 32.3 Å². The van der Waals surface area contributed by atoms with Crippen LogP contribution in [0.2, 0.25) is 0 Å². The van der Waals surface area contributed by atoms with Crippen molar-refractivity contribution in [1.29, 1.82) is 0 Å². The SMILES string of the molecule is Cc1ccc(C(CNC(=O)C(C)Cc2ccccc2F)N(C)C)cc1. The van der Waals surface area contributed by atoms with Crippen molar-refractivity contribution in [3.8, 4) is 0 Å². The Morgan fingerprint density at radius 1 is 1.12 bits per heavy atom. The molecule has 0 aliphatic rings. The molecular weight excluding hydrogens is 315 g/mol. The van der Waals surface area contributed by atoms with Gasteiger partial charge in [0.2, 0.25) is 5.91 Å². The summed E-state index contributed by atoms with van der Waals surface area (Å²) < 4.78 is 13.7. The number of amides is 1. The van der Waals surface area contributed by atoms with Gasteiger partial charge in [-0.05, 0) is 44.6 Å². The Bertz CT molecular complexity index is 697. The lowest BCUT2D eigenvalue weighted by atomic mass is 9.99. The third kappa shape index (κ3) is 5.40. The molecule has 0 saturated carbocycles. The van der Waals surface area contributed by atoms with Crippen molar-refractivity contribution in [2.75, 3.05) is 20.6 Å². The minimum atomic E-state index is -0.280. The van der Waals surface area contributed by atoms with E-state index >= 15 is 0 Å². The lowest BCUT2D eigenvalue weighted by Gasteiger charge is -2.26. The van der Waals surface area contributed by atoms with Crippen LogP contribution in [0.5, 0.6) is 0 Å². The molecule has 0 aromatic heterocycles. The zero-order valence-electron chi connectivity index (χ0n) is 15.4. The number of nitrogens with zero attached hydrogens (tertiary/aromatic N) is 1. The lowest BCUT2D eigenvalue weighted by Crippen LogP contribution is -2.37. The molecule has 2 atom stereocenters. The minimum absolute atomic E-state index is 0.0535. The number of benzene rings is 2. The standard InChI is InChI=1S/C21H27FN2O/c1-15-9-11-17(12-10-15)20(24(3)4)14-23-21(25)16(2)13-18-7-5-6-8-19(18)22/h5-12,16,20H,13-14H2,1-4H3,(H,23,25). The van der Waals surface area contributed by atoms with Crippen LogP contribution >= 0.6 is 0 Å². The first kappa shape index (κ1) is 19.1. The van der Waals surface area contributed by atoms with Crippen LogP contribution in [0.25, 0.3) is 0 Å². The Balaban J connectivity index is 1.96. The maximum Gasteiger partial charge on any atom is 0.223 e. The van der Waals surface area contributed by atoms with Gasteiger partial charge in [0, 0.05) is 12.5 Å². The molecule has 134 valence electrons. The summed E-state index contributed by atoms with van der Waals surface area (Å²) in [6.07, 6.45) is 0.398. The molecule has 2 aromatic rings. The van der Waals surface area contributed by atoms with Gasteiger partial charge < -0.3 is 10.2 Å². The van der Waals surface area contributed by atoms with Crippen LogP contribution in [-0.4, -0.2) is 31.4 Å². The van der Waals surface area contributed by atoms with Crippen molar-refractivity contribution in [3.63, 3.8) is 0 Å². The molecule has 1 amide bonds. The Morgan fingerprint density at radius 3 is 2.36 bits per heavy atom. The molecule has 2 aromatic carbocycles. The van der Waals surface area contributed by atoms with E-state index in [-0.39, 0.29) is 23.7 Å². The minimum Gasteiger partial charge on any atom is -0.354 e. The summed E-state index contributed by atoms with van der Waals surface area (Å²) >= 11 is 0. The van der Waals surface area contributed by atoms with Crippen LogP contribution in [0.1, 0.15) is 29.7 Å². The van der Waals surface area contributed by atoms with Gasteiger partial charge in [0.1, 0.15) is 5.82 Å². The molecule has 0 saturated heterocycles. The monoisotopic (exact) mass is 342 g/mol. The van der Waals surface area contributed by atoms with Crippen molar-refractivity contribution in [2.24, 2.45) is 5.92 Å². The number of hydrogen-bond donors (Lipinski definition) is 1. The number of halogens is 1. The molecule has 1 N–H and O–H groups in total. The molecule has 0 fully saturated rings. The van der Waals surface area contributed by atoms with E-state index < -0.39 is 0 Å². The largest absolute Gasteiger partial charge is 0.354 e. The molecule has 4 heteroatoms. The third-order valence-corrected chi connectivity index (χ3v) is 4.49. The quantitative estimate of drug-likeness (QED) is 0.831. The zero-order chi connectivity index (χ0) is 18.4. The smallest absolute Gasteiger partial charge is 0.223 e. The third-order valence-electron chi connectivity index (χ3n) is 4.49. The normalized spacial score (nSPS) is 13.5. The maximum absolute atomic E-state index is 13.7. The molecule has 0 spiro atoms. The molecule has 2 rings (SSSR count). The summed E-state index contributed by atoms with van der Waals surface area (Å²) in [5, 5.41) is 3.01. The Kier molecular flexibility index (Phi) is 6.71. The predicted molar refractivity (Wildman–Crippen MR) is 99.9 cm³/mol. The number of aryl methyl sites for hydroxylation is 1. The van der Waals surface area contributed by atoms with Gasteiger partial charge in [-0.15, -0.1) is 0 Å². The Hall–Kier alpha value is -2.20. The number of likely N-dealkylation sites (N-methyl/N-ethyl adjacent to an activating group) is 1. The van der Waals surface area contributed by atoms with Gasteiger partial charge in [-0.25, -0.2) is 4.39 Å². The number of nitrogens with one attached hydrogen (secondary N) is 1. The first-order chi connectivity index (χ1) is 11.9. The molecular formula is C21H27FN2O. The van der Waals surface area contributed by atoms with E-state index in [2.05, 4.69) is 41.4 Å². The highest BCUT2D eigenvalue weighted by atomic mass is 19.1. The molecule has 2 unspecified atom stereocenters. The fourth-order valence-electron chi connectivity index (χ4n) is 2.85. The second kappa shape index (κ2) is 8.77. The maximum atomic E-state index is 13.7. The summed E-state index contributed by atoms with van der Waals surface area (Å²) in [4.78, 5) is 14.5. The van der Waals surface area contributed by atoms with Crippen LogP contribution in [0.3, 0.4) is 0 Å². The fourth-order valence-corrected chi connectivity index (χ4v) is 2.85. The Labute approximate surface area is 149 Å². The van der Waals surface area contributed by atoms with Crippen molar-refractivity contribution >= 4 is 5.91 Å². The number of hydrogen-bond acceptors (Lipinski definition) is 2. The van der Waals surface area contributed by atoms with Crippen LogP contribution < -0.4 is 5.32 Å². The first-order valence-corrected chi connectivity index (χ1v) is 8.62. The fraction of sp³-hybridized carbons (Fsp3) is 0.381. The lowest BCUT2D eigenvalue weighted by molar-refractivity contribution is -0.124. The summed E-state index contributed by atoms with van der Waals surface area (Å²) in [6.45, 7) is 4.41. The highest BCUT2D eigenvalue weighted by molar-refractivity contribution is 5.78. The van der Waals surface area contributed by atoms with Gasteiger partial charge >= 0.3 is 0 Å². The molecule has 0 heterocycles. The van der Waals surface area contributed by atoms with Gasteiger partial charge in [0.05, 0.1) is 6.04 Å². The number of carbonyl (C=O) groups is 1. The van der Waals surface area contributed by atoms with Gasteiger partial charge in [0.15, 0.2) is 0 Å². The van der Waals surface area contributed by atoms with Crippen LogP contribution in [0.15, 0.2) is 48.5 Å². The number of carbonyl (C=O) groups excluding carboxylic acids is 1. The van der Waals surface area contributed by atoms with E-state index in [1.165, 1.54) is 11.6 Å². The van der Waals surface area contributed by atoms with Gasteiger partial charge in [0.25, 0.3) is 0 Å². The van der Waals surface area contributed by atoms with Crippen LogP contribution in [0, 0.1) is 18.7 Å². The Morgan fingerprint density at radius 2 is 1.76 bits per heavy atom. The summed E-state index contributed by atoms with van der Waals surface area (Å²) in [5.41, 5.74) is 2.95. The van der Waals surface area contributed by atoms with E-state index in [9.17, 15) is 9.18 Å².